The van der Waals surface area contributed by atoms with Crippen molar-refractivity contribution in [3.63, 3.8) is 0 Å². The van der Waals surface area contributed by atoms with Crippen LogP contribution in [0.15, 0.2) is 30.3 Å². The van der Waals surface area contributed by atoms with Crippen molar-refractivity contribution in [2.75, 3.05) is 58.5 Å². The summed E-state index contributed by atoms with van der Waals surface area (Å²) in [6.07, 6.45) is 0.773. The molecule has 0 N–H and O–H groups in total. The second-order valence-corrected chi connectivity index (χ2v) is 9.35. The van der Waals surface area contributed by atoms with Gasteiger partial charge in [0, 0.05) is 31.2 Å². The van der Waals surface area contributed by atoms with Crippen molar-refractivity contribution in [2.24, 2.45) is 0 Å². The molecule has 0 saturated carbocycles. The zero-order chi connectivity index (χ0) is 23.4. The summed E-state index contributed by atoms with van der Waals surface area (Å²) in [6, 6.07) is 8.56. The normalized spacial score (nSPS) is 14.4. The number of amides is 1. The number of methoxy groups -OCH3 is 2. The molecule has 1 aromatic heterocycles. The summed E-state index contributed by atoms with van der Waals surface area (Å²) < 4.78 is 17.1. The number of thiazole rings is 1. The van der Waals surface area contributed by atoms with E-state index in [9.17, 15) is 4.79 Å². The molecule has 33 heavy (non-hydrogen) atoms. The number of anilines is 1. The molecule has 0 atom stereocenters. The first-order chi connectivity index (χ1) is 16.0. The minimum atomic E-state index is -0.231. The lowest BCUT2D eigenvalue weighted by atomic mass is 10.1. The van der Waals surface area contributed by atoms with Gasteiger partial charge < -0.3 is 14.2 Å². The highest BCUT2D eigenvalue weighted by molar-refractivity contribution is 7.23. The Labute approximate surface area is 206 Å². The number of aromatic nitrogens is 1. The number of hydrogen-bond acceptors (Lipinski definition) is 7. The maximum absolute atomic E-state index is 13.7. The van der Waals surface area contributed by atoms with Crippen LogP contribution in [0.25, 0.3) is 10.2 Å². The van der Waals surface area contributed by atoms with E-state index in [-0.39, 0.29) is 5.91 Å². The van der Waals surface area contributed by atoms with Crippen LogP contribution in [0.4, 0.5) is 5.13 Å². The van der Waals surface area contributed by atoms with Crippen LogP contribution >= 0.6 is 34.5 Å². The van der Waals surface area contributed by atoms with Gasteiger partial charge >= 0.3 is 0 Å². The summed E-state index contributed by atoms with van der Waals surface area (Å²) in [4.78, 5) is 22.5. The molecule has 2 heterocycles. The average Bonchev–Trinajstić information content (AvgIpc) is 3.28. The van der Waals surface area contributed by atoms with Crippen molar-refractivity contribution < 1.29 is 19.0 Å². The lowest BCUT2D eigenvalue weighted by molar-refractivity contribution is 0.0376. The molecule has 2 aromatic carbocycles. The molecule has 0 unspecified atom stereocenters. The minimum Gasteiger partial charge on any atom is -0.496 e. The molecule has 10 heteroatoms. The van der Waals surface area contributed by atoms with Gasteiger partial charge in [0.15, 0.2) is 5.13 Å². The van der Waals surface area contributed by atoms with E-state index in [0.29, 0.717) is 44.3 Å². The summed E-state index contributed by atoms with van der Waals surface area (Å²) >= 11 is 14.0. The third-order valence-electron chi connectivity index (χ3n) is 5.49. The van der Waals surface area contributed by atoms with E-state index in [1.165, 1.54) is 18.4 Å². The molecular formula is C23H25Cl2N3O4S. The van der Waals surface area contributed by atoms with Crippen molar-refractivity contribution in [3.05, 3.63) is 45.9 Å². The fourth-order valence-electron chi connectivity index (χ4n) is 3.78. The zero-order valence-electron chi connectivity index (χ0n) is 18.5. The predicted molar refractivity (Wildman–Crippen MR) is 133 cm³/mol. The SMILES string of the molecule is COc1ccc(Cl)cc1C(=O)N(CCCN1CCOCC1)c1nc2c(OC)ccc(Cl)c2s1. The van der Waals surface area contributed by atoms with Gasteiger partial charge in [-0.05, 0) is 36.8 Å². The molecule has 3 aromatic rings. The van der Waals surface area contributed by atoms with Gasteiger partial charge in [-0.1, -0.05) is 34.5 Å². The van der Waals surface area contributed by atoms with Crippen LogP contribution in [-0.2, 0) is 4.74 Å². The fraction of sp³-hybridized carbons (Fsp3) is 0.391. The van der Waals surface area contributed by atoms with E-state index in [4.69, 9.17) is 42.4 Å². The van der Waals surface area contributed by atoms with Gasteiger partial charge in [0.2, 0.25) is 0 Å². The maximum atomic E-state index is 13.7. The first-order valence-electron chi connectivity index (χ1n) is 10.6. The van der Waals surface area contributed by atoms with Crippen molar-refractivity contribution in [1.29, 1.82) is 0 Å². The number of morpholine rings is 1. The number of rotatable bonds is 8. The lowest BCUT2D eigenvalue weighted by Crippen LogP contribution is -2.39. The van der Waals surface area contributed by atoms with Crippen LogP contribution in [0, 0.1) is 0 Å². The molecule has 1 aliphatic heterocycles. The van der Waals surface area contributed by atoms with Crippen molar-refractivity contribution in [2.45, 2.75) is 6.42 Å². The van der Waals surface area contributed by atoms with Gasteiger partial charge in [-0.25, -0.2) is 4.98 Å². The second kappa shape index (κ2) is 10.9. The molecule has 0 radical (unpaired) electrons. The number of nitrogens with zero attached hydrogens (tertiary/aromatic N) is 3. The largest absolute Gasteiger partial charge is 0.496 e. The summed E-state index contributed by atoms with van der Waals surface area (Å²) in [5.41, 5.74) is 1.02. The van der Waals surface area contributed by atoms with Crippen LogP contribution in [0.3, 0.4) is 0 Å². The molecule has 4 rings (SSSR count). The van der Waals surface area contributed by atoms with E-state index in [1.807, 2.05) is 0 Å². The van der Waals surface area contributed by atoms with Crippen LogP contribution < -0.4 is 14.4 Å². The van der Waals surface area contributed by atoms with E-state index in [1.54, 1.807) is 42.3 Å². The Bertz CT molecular complexity index is 1130. The summed E-state index contributed by atoms with van der Waals surface area (Å²) in [5.74, 6) is 0.836. The molecule has 0 spiro atoms. The van der Waals surface area contributed by atoms with Crippen molar-refractivity contribution in [3.8, 4) is 11.5 Å². The Balaban J connectivity index is 1.68. The van der Waals surface area contributed by atoms with Gasteiger partial charge in [0.25, 0.3) is 5.91 Å². The molecule has 176 valence electrons. The summed E-state index contributed by atoms with van der Waals surface area (Å²) in [6.45, 7) is 4.59. The average molecular weight is 510 g/mol. The maximum Gasteiger partial charge on any atom is 0.263 e. The number of hydrogen-bond donors (Lipinski definition) is 0. The van der Waals surface area contributed by atoms with Crippen LogP contribution in [0.2, 0.25) is 10.0 Å². The van der Waals surface area contributed by atoms with Crippen LogP contribution in [0.5, 0.6) is 11.5 Å². The smallest absolute Gasteiger partial charge is 0.263 e. The number of ether oxygens (including phenoxy) is 3. The van der Waals surface area contributed by atoms with Gasteiger partial charge in [-0.2, -0.15) is 0 Å². The van der Waals surface area contributed by atoms with Gasteiger partial charge in [0.05, 0.1) is 42.7 Å². The molecule has 1 fully saturated rings. The monoisotopic (exact) mass is 509 g/mol. The summed E-state index contributed by atoms with van der Waals surface area (Å²) in [7, 11) is 3.12. The summed E-state index contributed by atoms with van der Waals surface area (Å²) in [5, 5.41) is 1.57. The van der Waals surface area contributed by atoms with E-state index < -0.39 is 0 Å². The highest BCUT2D eigenvalue weighted by atomic mass is 35.5. The second-order valence-electron chi connectivity index (χ2n) is 7.53. The highest BCUT2D eigenvalue weighted by Gasteiger charge is 2.26. The molecule has 1 aliphatic rings. The van der Waals surface area contributed by atoms with Crippen molar-refractivity contribution in [1.82, 2.24) is 9.88 Å². The topological polar surface area (TPSA) is 64.1 Å². The molecule has 1 amide bonds. The van der Waals surface area contributed by atoms with E-state index in [0.717, 1.165) is 44.0 Å². The number of benzene rings is 2. The predicted octanol–water partition coefficient (Wildman–Crippen LogP) is 4.99. The Morgan fingerprint density at radius 3 is 2.61 bits per heavy atom. The first-order valence-corrected chi connectivity index (χ1v) is 12.2. The van der Waals surface area contributed by atoms with E-state index in [2.05, 4.69) is 4.90 Å². The quantitative estimate of drug-likeness (QED) is 0.426. The molecular weight excluding hydrogens is 485 g/mol. The number of carbonyl (C=O) groups excluding carboxylic acids is 1. The highest BCUT2D eigenvalue weighted by Crippen LogP contribution is 2.39. The van der Waals surface area contributed by atoms with Gasteiger partial charge in [0.1, 0.15) is 17.0 Å². The fourth-order valence-corrected chi connectivity index (χ4v) is 5.23. The third kappa shape index (κ3) is 5.36. The van der Waals surface area contributed by atoms with Crippen molar-refractivity contribution >= 4 is 55.8 Å². The lowest BCUT2D eigenvalue weighted by Gasteiger charge is -2.28. The Morgan fingerprint density at radius 2 is 1.88 bits per heavy atom. The van der Waals surface area contributed by atoms with E-state index >= 15 is 0 Å². The third-order valence-corrected chi connectivity index (χ3v) is 7.27. The molecule has 1 saturated heterocycles. The standard InChI is InChI=1S/C23H25Cl2N3O4S/c1-30-18-6-4-15(24)14-16(18)22(29)28(9-3-8-27-10-12-32-13-11-27)23-26-20-19(31-2)7-5-17(25)21(20)33-23/h4-7,14H,3,8-13H2,1-2H3. The minimum absolute atomic E-state index is 0.231. The molecule has 7 nitrogen and oxygen atoms in total. The number of carbonyl (C=O) groups is 1. The van der Waals surface area contributed by atoms with Crippen LogP contribution in [0.1, 0.15) is 16.8 Å². The number of halogens is 2. The Morgan fingerprint density at radius 1 is 1.15 bits per heavy atom. The van der Waals surface area contributed by atoms with Gasteiger partial charge in [-0.15, -0.1) is 0 Å². The zero-order valence-corrected chi connectivity index (χ0v) is 20.8. The first kappa shape index (κ1) is 24.0. The molecule has 0 aliphatic carbocycles. The van der Waals surface area contributed by atoms with Crippen LogP contribution in [-0.4, -0.2) is 69.4 Å². The molecule has 0 bridgehead atoms. The Kier molecular flexibility index (Phi) is 7.93. The Hall–Kier alpha value is -2.10. The number of fused-ring (bicyclic) bond motifs is 1. The van der Waals surface area contributed by atoms with Gasteiger partial charge in [-0.3, -0.25) is 14.6 Å².